The van der Waals surface area contributed by atoms with Gasteiger partial charge in [0.15, 0.2) is 11.6 Å². The molecule has 0 radical (unpaired) electrons. The Labute approximate surface area is 117 Å². The molecule has 21 heavy (non-hydrogen) atoms. The smallest absolute Gasteiger partial charge is 0.264 e. The average molecular weight is 320 g/mol. The predicted octanol–water partition coefficient (Wildman–Crippen LogP) is 2.63. The molecule has 0 heterocycles. The van der Waals surface area contributed by atoms with E-state index in [4.69, 9.17) is 5.73 Å². The van der Waals surface area contributed by atoms with Gasteiger partial charge in [0.25, 0.3) is 10.0 Å². The summed E-state index contributed by atoms with van der Waals surface area (Å²) in [4.78, 5) is -0.689. The number of benzene rings is 2. The summed E-state index contributed by atoms with van der Waals surface area (Å²) < 4.78 is 78.2. The van der Waals surface area contributed by atoms with Crippen LogP contribution in [-0.4, -0.2) is 8.42 Å². The standard InChI is InChI=1S/C12H8F4N2O2S/c13-6-1-2-10(17)11(5-6)21(19,20)18-12-8(15)3-7(14)4-9(12)16/h1-5,18H,17H2. The molecule has 4 nitrogen and oxygen atoms in total. The first-order valence-electron chi connectivity index (χ1n) is 5.43. The van der Waals surface area contributed by atoms with Crippen LogP contribution < -0.4 is 10.5 Å². The Bertz CT molecular complexity index is 786. The van der Waals surface area contributed by atoms with Gasteiger partial charge in [-0.2, -0.15) is 0 Å². The van der Waals surface area contributed by atoms with E-state index in [1.165, 1.54) is 0 Å². The van der Waals surface area contributed by atoms with Crippen molar-refractivity contribution in [3.8, 4) is 0 Å². The molecule has 0 aliphatic rings. The van der Waals surface area contributed by atoms with Crippen LogP contribution in [0.1, 0.15) is 0 Å². The zero-order chi connectivity index (χ0) is 15.8. The fourth-order valence-electron chi connectivity index (χ4n) is 1.57. The van der Waals surface area contributed by atoms with Crippen LogP contribution in [-0.2, 0) is 10.0 Å². The van der Waals surface area contributed by atoms with E-state index in [9.17, 15) is 26.0 Å². The fraction of sp³-hybridized carbons (Fsp3) is 0. The second kappa shape index (κ2) is 5.24. The van der Waals surface area contributed by atoms with E-state index in [0.717, 1.165) is 12.1 Å². The van der Waals surface area contributed by atoms with Crippen molar-refractivity contribution in [3.63, 3.8) is 0 Å². The van der Waals surface area contributed by atoms with Crippen molar-refractivity contribution in [2.75, 3.05) is 10.5 Å². The van der Waals surface area contributed by atoms with E-state index in [2.05, 4.69) is 0 Å². The van der Waals surface area contributed by atoms with E-state index in [1.807, 2.05) is 0 Å². The van der Waals surface area contributed by atoms with E-state index in [1.54, 1.807) is 4.72 Å². The summed E-state index contributed by atoms with van der Waals surface area (Å²) in [5, 5.41) is 0. The van der Waals surface area contributed by atoms with Gasteiger partial charge in [0.2, 0.25) is 0 Å². The number of sulfonamides is 1. The minimum absolute atomic E-state index is 0.301. The Morgan fingerprint density at radius 1 is 0.905 bits per heavy atom. The van der Waals surface area contributed by atoms with Crippen molar-refractivity contribution < 1.29 is 26.0 Å². The number of nitrogens with one attached hydrogen (secondary N) is 1. The molecular weight excluding hydrogens is 312 g/mol. The molecule has 0 amide bonds. The number of rotatable bonds is 3. The molecule has 2 rings (SSSR count). The highest BCUT2D eigenvalue weighted by molar-refractivity contribution is 7.92. The van der Waals surface area contributed by atoms with Crippen LogP contribution in [0.3, 0.4) is 0 Å². The molecule has 3 N–H and O–H groups in total. The molecule has 0 atom stereocenters. The van der Waals surface area contributed by atoms with Crippen molar-refractivity contribution >= 4 is 21.4 Å². The summed E-state index contributed by atoms with van der Waals surface area (Å²) in [6.45, 7) is 0. The molecular formula is C12H8F4N2O2S. The SMILES string of the molecule is Nc1ccc(F)cc1S(=O)(=O)Nc1c(F)cc(F)cc1F. The Hall–Kier alpha value is -2.29. The number of nitrogens with two attached hydrogens (primary N) is 1. The number of hydrogen-bond acceptors (Lipinski definition) is 3. The Balaban J connectivity index is 2.50. The van der Waals surface area contributed by atoms with Crippen molar-refractivity contribution in [2.24, 2.45) is 0 Å². The minimum Gasteiger partial charge on any atom is -0.398 e. The first-order valence-corrected chi connectivity index (χ1v) is 6.91. The molecule has 0 fully saturated rings. The lowest BCUT2D eigenvalue weighted by molar-refractivity contribution is 0.547. The van der Waals surface area contributed by atoms with Gasteiger partial charge in [-0.05, 0) is 18.2 Å². The van der Waals surface area contributed by atoms with Gasteiger partial charge in [0, 0.05) is 12.1 Å². The molecule has 0 aliphatic carbocycles. The van der Waals surface area contributed by atoms with Gasteiger partial charge in [-0.3, -0.25) is 4.72 Å². The van der Waals surface area contributed by atoms with Gasteiger partial charge in [-0.25, -0.2) is 26.0 Å². The molecule has 0 saturated carbocycles. The lowest BCUT2D eigenvalue weighted by atomic mass is 10.3. The zero-order valence-electron chi connectivity index (χ0n) is 10.2. The van der Waals surface area contributed by atoms with Crippen molar-refractivity contribution in [2.45, 2.75) is 4.90 Å². The molecule has 2 aromatic rings. The minimum atomic E-state index is -4.54. The number of halogens is 4. The molecule has 0 bridgehead atoms. The summed E-state index contributed by atoms with van der Waals surface area (Å²) >= 11 is 0. The molecule has 0 spiro atoms. The van der Waals surface area contributed by atoms with Crippen LogP contribution in [0.25, 0.3) is 0 Å². The van der Waals surface area contributed by atoms with E-state index in [-0.39, 0.29) is 5.69 Å². The lowest BCUT2D eigenvalue weighted by Crippen LogP contribution is -2.17. The highest BCUT2D eigenvalue weighted by Crippen LogP contribution is 2.26. The average Bonchev–Trinajstić information content (AvgIpc) is 2.36. The first kappa shape index (κ1) is 15.1. The third kappa shape index (κ3) is 3.07. The number of anilines is 2. The third-order valence-corrected chi connectivity index (χ3v) is 3.91. The summed E-state index contributed by atoms with van der Waals surface area (Å²) in [7, 11) is -4.54. The maximum Gasteiger partial charge on any atom is 0.264 e. The molecule has 0 aromatic heterocycles. The van der Waals surface area contributed by atoms with Crippen LogP contribution in [0.15, 0.2) is 35.2 Å². The van der Waals surface area contributed by atoms with Gasteiger partial charge in [-0.15, -0.1) is 0 Å². The second-order valence-electron chi connectivity index (χ2n) is 4.03. The topological polar surface area (TPSA) is 72.2 Å². The zero-order valence-corrected chi connectivity index (χ0v) is 11.0. The van der Waals surface area contributed by atoms with Crippen LogP contribution in [0.4, 0.5) is 28.9 Å². The molecule has 2 aromatic carbocycles. The van der Waals surface area contributed by atoms with Gasteiger partial charge >= 0.3 is 0 Å². The highest BCUT2D eigenvalue weighted by atomic mass is 32.2. The predicted molar refractivity (Wildman–Crippen MR) is 67.9 cm³/mol. The number of hydrogen-bond donors (Lipinski definition) is 2. The van der Waals surface area contributed by atoms with E-state index >= 15 is 0 Å². The largest absolute Gasteiger partial charge is 0.398 e. The Morgan fingerprint density at radius 2 is 1.48 bits per heavy atom. The molecule has 0 unspecified atom stereocenters. The molecule has 0 aliphatic heterocycles. The van der Waals surface area contributed by atoms with E-state index < -0.39 is 43.9 Å². The van der Waals surface area contributed by atoms with Crippen molar-refractivity contribution in [1.29, 1.82) is 0 Å². The Morgan fingerprint density at radius 3 is 2.05 bits per heavy atom. The van der Waals surface area contributed by atoms with Crippen molar-refractivity contribution in [1.82, 2.24) is 0 Å². The maximum absolute atomic E-state index is 13.4. The van der Waals surface area contributed by atoms with Gasteiger partial charge < -0.3 is 5.73 Å². The summed E-state index contributed by atoms with van der Waals surface area (Å²) in [6.07, 6.45) is 0. The van der Waals surface area contributed by atoms with Crippen LogP contribution in [0, 0.1) is 23.3 Å². The summed E-state index contributed by atoms with van der Waals surface area (Å²) in [5.74, 6) is -5.01. The summed E-state index contributed by atoms with van der Waals surface area (Å²) in [5.41, 5.74) is 4.00. The maximum atomic E-state index is 13.4. The lowest BCUT2D eigenvalue weighted by Gasteiger charge is -2.11. The second-order valence-corrected chi connectivity index (χ2v) is 5.68. The first-order chi connectivity index (χ1) is 9.70. The molecule has 9 heteroatoms. The Kier molecular flexibility index (Phi) is 3.77. The normalized spacial score (nSPS) is 11.4. The van der Waals surface area contributed by atoms with Crippen molar-refractivity contribution in [3.05, 3.63) is 53.6 Å². The fourth-order valence-corrected chi connectivity index (χ4v) is 2.79. The summed E-state index contributed by atoms with van der Waals surface area (Å²) in [6, 6.07) is 3.11. The third-order valence-electron chi connectivity index (χ3n) is 2.51. The molecule has 112 valence electrons. The van der Waals surface area contributed by atoms with Gasteiger partial charge in [0.1, 0.15) is 22.2 Å². The molecule has 0 saturated heterocycles. The quantitative estimate of drug-likeness (QED) is 0.674. The van der Waals surface area contributed by atoms with Gasteiger partial charge in [-0.1, -0.05) is 0 Å². The number of nitrogen functional groups attached to an aromatic ring is 1. The van der Waals surface area contributed by atoms with Gasteiger partial charge in [0.05, 0.1) is 5.69 Å². The van der Waals surface area contributed by atoms with Crippen LogP contribution >= 0.6 is 0 Å². The van der Waals surface area contributed by atoms with Crippen LogP contribution in [0.2, 0.25) is 0 Å². The highest BCUT2D eigenvalue weighted by Gasteiger charge is 2.22. The monoisotopic (exact) mass is 320 g/mol. The van der Waals surface area contributed by atoms with E-state index in [0.29, 0.717) is 18.2 Å². The van der Waals surface area contributed by atoms with Crippen LogP contribution in [0.5, 0.6) is 0 Å².